The fourth-order valence-electron chi connectivity index (χ4n) is 3.01. The molecule has 0 saturated heterocycles. The summed E-state index contributed by atoms with van der Waals surface area (Å²) in [6, 6.07) is 12.1. The highest BCUT2D eigenvalue weighted by Crippen LogP contribution is 2.39. The Morgan fingerprint density at radius 3 is 2.33 bits per heavy atom. The quantitative estimate of drug-likeness (QED) is 0.192. The van der Waals surface area contributed by atoms with Crippen LogP contribution in [0.25, 0.3) is 11.3 Å². The third-order valence-corrected chi connectivity index (χ3v) is 4.50. The zero-order valence-electron chi connectivity index (χ0n) is 16.3. The van der Waals surface area contributed by atoms with Crippen LogP contribution in [0.2, 0.25) is 0 Å². The van der Waals surface area contributed by atoms with Crippen LogP contribution in [0, 0.1) is 0 Å². The number of carbonyl (C=O) groups is 1. The Bertz CT molecular complexity index is 1050. The first-order chi connectivity index (χ1) is 14.5. The maximum atomic E-state index is 12.2. The molecule has 3 aromatic rings. The molecule has 0 aliphatic heterocycles. The molecule has 9 heteroatoms. The molecule has 0 fully saturated rings. The van der Waals surface area contributed by atoms with Gasteiger partial charge in [0.2, 0.25) is 0 Å². The summed E-state index contributed by atoms with van der Waals surface area (Å²) >= 11 is 0. The van der Waals surface area contributed by atoms with E-state index < -0.39 is 12.0 Å². The number of amidine groups is 1. The van der Waals surface area contributed by atoms with Gasteiger partial charge in [0.25, 0.3) is 0 Å². The van der Waals surface area contributed by atoms with Crippen molar-refractivity contribution in [2.24, 2.45) is 10.9 Å². The molecule has 5 N–H and O–H groups in total. The van der Waals surface area contributed by atoms with Crippen molar-refractivity contribution < 1.29 is 29.0 Å². The lowest BCUT2D eigenvalue weighted by Gasteiger charge is -2.21. The summed E-state index contributed by atoms with van der Waals surface area (Å²) in [5.41, 5.74) is 7.56. The van der Waals surface area contributed by atoms with Gasteiger partial charge in [-0.05, 0) is 48.5 Å². The molecular formula is C21H21N3O6. The highest BCUT2D eigenvalue weighted by Gasteiger charge is 2.26. The van der Waals surface area contributed by atoms with Crippen molar-refractivity contribution in [3.8, 4) is 22.8 Å². The van der Waals surface area contributed by atoms with Crippen LogP contribution in [-0.4, -0.2) is 36.3 Å². The Labute approximate surface area is 172 Å². The van der Waals surface area contributed by atoms with Crippen molar-refractivity contribution in [3.05, 3.63) is 65.9 Å². The Morgan fingerprint density at radius 1 is 1.13 bits per heavy atom. The van der Waals surface area contributed by atoms with Crippen LogP contribution >= 0.6 is 0 Å². The van der Waals surface area contributed by atoms with Gasteiger partial charge in [-0.1, -0.05) is 5.16 Å². The highest BCUT2D eigenvalue weighted by molar-refractivity contribution is 5.97. The first-order valence-corrected chi connectivity index (χ1v) is 8.85. The molecule has 1 aromatic heterocycles. The zero-order valence-corrected chi connectivity index (χ0v) is 16.3. The van der Waals surface area contributed by atoms with E-state index >= 15 is 0 Å². The fourth-order valence-corrected chi connectivity index (χ4v) is 3.01. The summed E-state index contributed by atoms with van der Waals surface area (Å²) < 4.78 is 16.2. The van der Waals surface area contributed by atoms with Gasteiger partial charge in [0.1, 0.15) is 5.76 Å². The second kappa shape index (κ2) is 8.91. The van der Waals surface area contributed by atoms with Crippen molar-refractivity contribution >= 4 is 17.5 Å². The molecule has 1 heterocycles. The fraction of sp³-hybridized carbons (Fsp3) is 0.143. The minimum absolute atomic E-state index is 0.0451. The Morgan fingerprint density at radius 2 is 1.80 bits per heavy atom. The molecule has 9 nitrogen and oxygen atoms in total. The Kier molecular flexibility index (Phi) is 6.11. The molecule has 0 aliphatic carbocycles. The topological polar surface area (TPSA) is 140 Å². The second-order valence-corrected chi connectivity index (χ2v) is 6.25. The van der Waals surface area contributed by atoms with Crippen molar-refractivity contribution in [3.63, 3.8) is 0 Å². The lowest BCUT2D eigenvalue weighted by Crippen LogP contribution is -2.21. The third kappa shape index (κ3) is 4.14. The number of ether oxygens (including phenoxy) is 2. The molecule has 3 rings (SSSR count). The van der Waals surface area contributed by atoms with Crippen LogP contribution in [-0.2, 0) is 4.79 Å². The largest absolute Gasteiger partial charge is 0.493 e. The molecule has 1 unspecified atom stereocenters. The summed E-state index contributed by atoms with van der Waals surface area (Å²) in [5, 5.41) is 24.7. The van der Waals surface area contributed by atoms with Gasteiger partial charge in [0, 0.05) is 22.4 Å². The molecular weight excluding hydrogens is 390 g/mol. The van der Waals surface area contributed by atoms with E-state index in [0.29, 0.717) is 39.6 Å². The number of nitrogens with one attached hydrogen (secondary N) is 1. The van der Waals surface area contributed by atoms with Crippen molar-refractivity contribution in [1.29, 1.82) is 0 Å². The van der Waals surface area contributed by atoms with Gasteiger partial charge >= 0.3 is 5.97 Å². The normalized spacial score (nSPS) is 12.3. The molecule has 0 aliphatic rings. The predicted molar refractivity (Wildman–Crippen MR) is 110 cm³/mol. The number of rotatable bonds is 8. The van der Waals surface area contributed by atoms with E-state index in [2.05, 4.69) is 10.5 Å². The van der Waals surface area contributed by atoms with E-state index in [1.807, 2.05) is 0 Å². The maximum absolute atomic E-state index is 12.2. The van der Waals surface area contributed by atoms with E-state index in [4.69, 9.17) is 24.8 Å². The summed E-state index contributed by atoms with van der Waals surface area (Å²) in [4.78, 5) is 12.2. The lowest BCUT2D eigenvalue weighted by molar-refractivity contribution is -0.138. The van der Waals surface area contributed by atoms with Crippen LogP contribution < -0.4 is 20.5 Å². The number of anilines is 1. The summed E-state index contributed by atoms with van der Waals surface area (Å²) in [7, 11) is 2.97. The van der Waals surface area contributed by atoms with Gasteiger partial charge in [0.15, 0.2) is 23.4 Å². The monoisotopic (exact) mass is 411 g/mol. The van der Waals surface area contributed by atoms with Crippen LogP contribution in [0.5, 0.6) is 11.5 Å². The average Bonchev–Trinajstić information content (AvgIpc) is 3.31. The number of oxime groups is 1. The minimum atomic E-state index is -1.13. The molecule has 156 valence electrons. The molecule has 0 amide bonds. The summed E-state index contributed by atoms with van der Waals surface area (Å²) in [6.45, 7) is 0. The van der Waals surface area contributed by atoms with E-state index in [0.717, 1.165) is 0 Å². The van der Waals surface area contributed by atoms with Gasteiger partial charge < -0.3 is 35.3 Å². The molecule has 0 spiro atoms. The lowest BCUT2D eigenvalue weighted by atomic mass is 9.97. The number of hydrogen-bond acceptors (Lipinski definition) is 7. The number of hydrogen-bond donors (Lipinski definition) is 4. The molecule has 2 aromatic carbocycles. The third-order valence-electron chi connectivity index (χ3n) is 4.50. The average molecular weight is 411 g/mol. The van der Waals surface area contributed by atoms with Crippen LogP contribution in [0.4, 0.5) is 5.69 Å². The highest BCUT2D eigenvalue weighted by atomic mass is 16.5. The number of aliphatic carboxylic acids is 1. The first kappa shape index (κ1) is 20.6. The number of benzene rings is 2. The van der Waals surface area contributed by atoms with Crippen LogP contribution in [0.1, 0.15) is 17.2 Å². The number of carboxylic acid groups (broad SMARTS) is 1. The number of nitrogens with zero attached hydrogens (tertiary/aromatic N) is 1. The molecule has 30 heavy (non-hydrogen) atoms. The van der Waals surface area contributed by atoms with Gasteiger partial charge in [-0.3, -0.25) is 0 Å². The SMILES string of the molecule is COc1cc(-c2ccco2)c(C(Nc2ccc(/C(N)=N\O)cc2)C(=O)O)cc1OC. The molecule has 0 saturated carbocycles. The molecule has 1 atom stereocenters. The van der Waals surface area contributed by atoms with Crippen molar-refractivity contribution in [2.75, 3.05) is 19.5 Å². The van der Waals surface area contributed by atoms with Crippen LogP contribution in [0.3, 0.4) is 0 Å². The van der Waals surface area contributed by atoms with Gasteiger partial charge in [-0.2, -0.15) is 0 Å². The number of carboxylic acids is 1. The first-order valence-electron chi connectivity index (χ1n) is 8.85. The Hall–Kier alpha value is -4.14. The molecule has 0 radical (unpaired) electrons. The minimum Gasteiger partial charge on any atom is -0.493 e. The number of nitrogens with two attached hydrogens (primary N) is 1. The van der Waals surface area contributed by atoms with Crippen molar-refractivity contribution in [1.82, 2.24) is 0 Å². The van der Waals surface area contributed by atoms with Crippen LogP contribution in [0.15, 0.2) is 64.4 Å². The van der Waals surface area contributed by atoms with Gasteiger partial charge in [-0.25, -0.2) is 4.79 Å². The standard InChI is InChI=1S/C21H21N3O6/c1-28-17-10-14(16-4-3-9-30-16)15(11-18(17)29-2)19(21(25)26)23-13-7-5-12(6-8-13)20(22)24-27/h3-11,19,23,27H,1-2H3,(H2,22,24)(H,25,26). The van der Waals surface area contributed by atoms with E-state index in [9.17, 15) is 9.90 Å². The maximum Gasteiger partial charge on any atom is 0.330 e. The predicted octanol–water partition coefficient (Wildman–Crippen LogP) is 3.30. The van der Waals surface area contributed by atoms with E-state index in [-0.39, 0.29) is 5.84 Å². The smallest absolute Gasteiger partial charge is 0.330 e. The number of methoxy groups -OCH3 is 2. The summed E-state index contributed by atoms with van der Waals surface area (Å²) in [6.07, 6.45) is 1.50. The Balaban J connectivity index is 2.06. The number of furan rings is 1. The van der Waals surface area contributed by atoms with E-state index in [1.165, 1.54) is 20.5 Å². The summed E-state index contributed by atoms with van der Waals surface area (Å²) in [5.74, 6) is 0.172. The van der Waals surface area contributed by atoms with Gasteiger partial charge in [-0.15, -0.1) is 0 Å². The van der Waals surface area contributed by atoms with Crippen molar-refractivity contribution in [2.45, 2.75) is 6.04 Å². The second-order valence-electron chi connectivity index (χ2n) is 6.25. The molecule has 0 bridgehead atoms. The van der Waals surface area contributed by atoms with Gasteiger partial charge in [0.05, 0.1) is 20.5 Å². The van der Waals surface area contributed by atoms with E-state index in [1.54, 1.807) is 48.5 Å². The zero-order chi connectivity index (χ0) is 21.7.